The van der Waals surface area contributed by atoms with Gasteiger partial charge < -0.3 is 5.32 Å². The van der Waals surface area contributed by atoms with E-state index in [4.69, 9.17) is 11.6 Å². The first-order valence-electron chi connectivity index (χ1n) is 8.87. The number of carbonyl (C=O) groups is 1. The van der Waals surface area contributed by atoms with E-state index in [0.717, 1.165) is 16.7 Å². The molecule has 0 fully saturated rings. The van der Waals surface area contributed by atoms with Gasteiger partial charge in [0.1, 0.15) is 11.6 Å². The molecule has 0 saturated heterocycles. The zero-order valence-corrected chi connectivity index (χ0v) is 16.1. The van der Waals surface area contributed by atoms with E-state index < -0.39 is 5.91 Å². The lowest BCUT2D eigenvalue weighted by molar-refractivity contribution is -0.117. The first-order chi connectivity index (χ1) is 13.6. The first kappa shape index (κ1) is 19.4. The smallest absolute Gasteiger partial charge is 0.262 e. The number of benzene rings is 3. The highest BCUT2D eigenvalue weighted by molar-refractivity contribution is 6.31. The molecule has 0 aliphatic carbocycles. The van der Waals surface area contributed by atoms with Gasteiger partial charge >= 0.3 is 0 Å². The lowest BCUT2D eigenvalue weighted by atomic mass is 9.98. The third-order valence-electron chi connectivity index (χ3n) is 4.41. The van der Waals surface area contributed by atoms with E-state index >= 15 is 0 Å². The van der Waals surface area contributed by atoms with Crippen molar-refractivity contribution in [1.82, 2.24) is 5.32 Å². The van der Waals surface area contributed by atoms with E-state index in [1.54, 1.807) is 12.1 Å². The van der Waals surface area contributed by atoms with Crippen LogP contribution in [0, 0.1) is 18.3 Å². The highest BCUT2D eigenvalue weighted by Gasteiger charge is 2.19. The Labute approximate surface area is 169 Å². The molecule has 28 heavy (non-hydrogen) atoms. The van der Waals surface area contributed by atoms with Gasteiger partial charge in [0.2, 0.25) is 0 Å². The van der Waals surface area contributed by atoms with Crippen LogP contribution in [-0.2, 0) is 4.79 Å². The summed E-state index contributed by atoms with van der Waals surface area (Å²) >= 11 is 6.15. The van der Waals surface area contributed by atoms with Crippen molar-refractivity contribution in [3.63, 3.8) is 0 Å². The van der Waals surface area contributed by atoms with Crippen LogP contribution in [-0.4, -0.2) is 5.91 Å². The molecule has 0 atom stereocenters. The molecule has 0 saturated carbocycles. The number of hydrogen-bond donors (Lipinski definition) is 1. The highest BCUT2D eigenvalue weighted by Crippen LogP contribution is 2.23. The summed E-state index contributed by atoms with van der Waals surface area (Å²) in [6.45, 7) is 1.90. The number of carbonyl (C=O) groups excluding carboxylic acids is 1. The Morgan fingerprint density at radius 2 is 1.57 bits per heavy atom. The first-order valence-corrected chi connectivity index (χ1v) is 9.25. The van der Waals surface area contributed by atoms with Crippen LogP contribution in [0.15, 0.2) is 84.4 Å². The molecule has 4 heteroatoms. The maximum Gasteiger partial charge on any atom is 0.262 e. The van der Waals surface area contributed by atoms with Gasteiger partial charge in [-0.3, -0.25) is 4.79 Å². The highest BCUT2D eigenvalue weighted by atomic mass is 35.5. The Morgan fingerprint density at radius 3 is 2.07 bits per heavy atom. The number of rotatable bonds is 5. The van der Waals surface area contributed by atoms with E-state index in [1.807, 2.05) is 85.8 Å². The normalized spacial score (nSPS) is 11.1. The molecule has 0 aromatic heterocycles. The Balaban J connectivity index is 1.91. The van der Waals surface area contributed by atoms with Crippen molar-refractivity contribution in [2.75, 3.05) is 0 Å². The molecular weight excluding hydrogens is 368 g/mol. The number of nitrogens with one attached hydrogen (secondary N) is 1. The zero-order chi connectivity index (χ0) is 19.9. The lowest BCUT2D eigenvalue weighted by Crippen LogP contribution is -2.30. The molecule has 3 aromatic carbocycles. The van der Waals surface area contributed by atoms with Gasteiger partial charge in [-0.25, -0.2) is 0 Å². The monoisotopic (exact) mass is 386 g/mol. The fraction of sp³-hybridized carbons (Fsp3) is 0.0833. The average molecular weight is 387 g/mol. The summed E-state index contributed by atoms with van der Waals surface area (Å²) in [4.78, 5) is 12.9. The summed E-state index contributed by atoms with van der Waals surface area (Å²) in [6.07, 6.45) is 1.55. The Bertz CT molecular complexity index is 998. The second-order valence-corrected chi connectivity index (χ2v) is 6.81. The fourth-order valence-electron chi connectivity index (χ4n) is 2.87. The molecule has 0 aliphatic heterocycles. The molecule has 3 nitrogen and oxygen atoms in total. The van der Waals surface area contributed by atoms with Crippen molar-refractivity contribution in [2.45, 2.75) is 13.0 Å². The molecule has 1 N–H and O–H groups in total. The maximum absolute atomic E-state index is 12.9. The molecule has 0 radical (unpaired) electrons. The third-order valence-corrected chi connectivity index (χ3v) is 4.82. The molecule has 138 valence electrons. The quantitative estimate of drug-likeness (QED) is 0.467. The van der Waals surface area contributed by atoms with Gasteiger partial charge in [0.15, 0.2) is 0 Å². The van der Waals surface area contributed by atoms with Gasteiger partial charge in [-0.15, -0.1) is 0 Å². The van der Waals surface area contributed by atoms with Crippen molar-refractivity contribution < 1.29 is 4.79 Å². The standard InChI is InChI=1S/C24H19ClN2O/c1-17-12-13-18(15-22(17)25)14-21(16-26)24(28)27-23(19-8-4-2-5-9-19)20-10-6-3-7-11-20/h2-15,23H,1H3,(H,27,28)/b21-14+. The predicted octanol–water partition coefficient (Wildman–Crippen LogP) is 5.46. The number of nitriles is 1. The number of halogens is 1. The average Bonchev–Trinajstić information content (AvgIpc) is 2.74. The summed E-state index contributed by atoms with van der Waals surface area (Å²) in [5.41, 5.74) is 3.56. The SMILES string of the molecule is Cc1ccc(/C=C(\C#N)C(=O)NC(c2ccccc2)c2ccccc2)cc1Cl. The summed E-state index contributed by atoms with van der Waals surface area (Å²) in [7, 11) is 0. The summed E-state index contributed by atoms with van der Waals surface area (Å²) in [6, 6.07) is 26.4. The predicted molar refractivity (Wildman–Crippen MR) is 113 cm³/mol. The Kier molecular flexibility index (Phi) is 6.26. The summed E-state index contributed by atoms with van der Waals surface area (Å²) in [5, 5.41) is 13.1. The van der Waals surface area contributed by atoms with Crippen LogP contribution in [0.3, 0.4) is 0 Å². The molecule has 0 unspecified atom stereocenters. The van der Waals surface area contributed by atoms with E-state index in [9.17, 15) is 10.1 Å². The minimum Gasteiger partial charge on any atom is -0.340 e. The number of aryl methyl sites for hydroxylation is 1. The molecule has 0 spiro atoms. The third kappa shape index (κ3) is 4.68. The van der Waals surface area contributed by atoms with Crippen LogP contribution < -0.4 is 5.32 Å². The van der Waals surface area contributed by atoms with Crippen LogP contribution in [0.1, 0.15) is 28.3 Å². The van der Waals surface area contributed by atoms with Gasteiger partial charge in [-0.05, 0) is 41.3 Å². The van der Waals surface area contributed by atoms with E-state index in [2.05, 4.69) is 5.32 Å². The number of hydrogen-bond acceptors (Lipinski definition) is 2. The van der Waals surface area contributed by atoms with Crippen LogP contribution >= 0.6 is 11.6 Å². The van der Waals surface area contributed by atoms with Gasteiger partial charge in [-0.2, -0.15) is 5.26 Å². The van der Waals surface area contributed by atoms with Crippen molar-refractivity contribution >= 4 is 23.6 Å². The molecule has 3 aromatic rings. The second kappa shape index (κ2) is 9.03. The van der Waals surface area contributed by atoms with Crippen molar-refractivity contribution in [3.8, 4) is 6.07 Å². The zero-order valence-electron chi connectivity index (χ0n) is 15.4. The maximum atomic E-state index is 12.9. The minimum atomic E-state index is -0.433. The molecule has 0 aliphatic rings. The number of amides is 1. The Morgan fingerprint density at radius 1 is 1.00 bits per heavy atom. The fourth-order valence-corrected chi connectivity index (χ4v) is 3.06. The second-order valence-electron chi connectivity index (χ2n) is 6.41. The number of nitrogens with zero attached hydrogens (tertiary/aromatic N) is 1. The van der Waals surface area contributed by atoms with Crippen molar-refractivity contribution in [2.24, 2.45) is 0 Å². The van der Waals surface area contributed by atoms with Crippen LogP contribution in [0.4, 0.5) is 0 Å². The lowest BCUT2D eigenvalue weighted by Gasteiger charge is -2.19. The topological polar surface area (TPSA) is 52.9 Å². The minimum absolute atomic E-state index is 0.0248. The van der Waals surface area contributed by atoms with Crippen molar-refractivity contribution in [3.05, 3.63) is 112 Å². The van der Waals surface area contributed by atoms with Gasteiger partial charge in [0, 0.05) is 5.02 Å². The van der Waals surface area contributed by atoms with Crippen LogP contribution in [0.2, 0.25) is 5.02 Å². The van der Waals surface area contributed by atoms with E-state index in [-0.39, 0.29) is 11.6 Å². The van der Waals surface area contributed by atoms with Crippen LogP contribution in [0.5, 0.6) is 0 Å². The Hall–Kier alpha value is -3.35. The van der Waals surface area contributed by atoms with E-state index in [1.165, 1.54) is 0 Å². The van der Waals surface area contributed by atoms with Crippen LogP contribution in [0.25, 0.3) is 6.08 Å². The largest absolute Gasteiger partial charge is 0.340 e. The van der Waals surface area contributed by atoms with Gasteiger partial charge in [0.05, 0.1) is 6.04 Å². The molecule has 3 rings (SSSR count). The van der Waals surface area contributed by atoms with Gasteiger partial charge in [-0.1, -0.05) is 84.4 Å². The molecule has 1 amide bonds. The summed E-state index contributed by atoms with van der Waals surface area (Å²) in [5.74, 6) is -0.433. The molecule has 0 heterocycles. The summed E-state index contributed by atoms with van der Waals surface area (Å²) < 4.78 is 0. The van der Waals surface area contributed by atoms with Gasteiger partial charge in [0.25, 0.3) is 5.91 Å². The molecular formula is C24H19ClN2O. The molecule has 0 bridgehead atoms. The van der Waals surface area contributed by atoms with E-state index in [0.29, 0.717) is 10.6 Å². The van der Waals surface area contributed by atoms with Crippen molar-refractivity contribution in [1.29, 1.82) is 5.26 Å².